The molecule has 1 saturated heterocycles. The summed E-state index contributed by atoms with van der Waals surface area (Å²) in [6.45, 7) is 0. The second kappa shape index (κ2) is 5.35. The van der Waals surface area contributed by atoms with Gasteiger partial charge < -0.3 is 4.74 Å². The second-order valence-electron chi connectivity index (χ2n) is 3.92. The Balaban J connectivity index is 2.30. The molecule has 112 valence electrons. The first kappa shape index (κ1) is 15.3. The third-order valence-electron chi connectivity index (χ3n) is 2.41. The highest BCUT2D eigenvalue weighted by atomic mass is 79.9. The minimum absolute atomic E-state index is 0.00593. The van der Waals surface area contributed by atoms with E-state index in [1.807, 2.05) is 5.32 Å². The van der Waals surface area contributed by atoms with Crippen LogP contribution in [0.15, 0.2) is 22.7 Å². The number of hydrogen-bond acceptors (Lipinski definition) is 4. The molecule has 0 radical (unpaired) electrons. The maximum Gasteiger partial charge on any atom is 0.573 e. The van der Waals surface area contributed by atoms with Crippen LogP contribution in [0.5, 0.6) is 5.75 Å². The third-order valence-corrected chi connectivity index (χ3v) is 3.03. The molecule has 4 amide bonds. The number of hydrogen-bond donors (Lipinski definition) is 1. The SMILES string of the molecule is O=C1CC(=O)N(c2ccc(OC(F)(F)F)c(Br)c2)C(=O)N1. The summed E-state index contributed by atoms with van der Waals surface area (Å²) in [5.41, 5.74) is 0.00593. The summed E-state index contributed by atoms with van der Waals surface area (Å²) in [7, 11) is 0. The molecule has 2 rings (SSSR count). The van der Waals surface area contributed by atoms with Crippen molar-refractivity contribution in [2.75, 3.05) is 4.90 Å². The number of rotatable bonds is 2. The van der Waals surface area contributed by atoms with E-state index in [2.05, 4.69) is 20.7 Å². The Morgan fingerprint density at radius 1 is 1.24 bits per heavy atom. The minimum atomic E-state index is -4.87. The molecule has 1 heterocycles. The molecule has 21 heavy (non-hydrogen) atoms. The quantitative estimate of drug-likeness (QED) is 0.815. The van der Waals surface area contributed by atoms with Crippen molar-refractivity contribution in [2.45, 2.75) is 12.8 Å². The molecule has 0 aromatic heterocycles. The van der Waals surface area contributed by atoms with E-state index in [1.54, 1.807) is 0 Å². The van der Waals surface area contributed by atoms with E-state index in [1.165, 1.54) is 0 Å². The van der Waals surface area contributed by atoms with Gasteiger partial charge in [0.05, 0.1) is 10.2 Å². The van der Waals surface area contributed by atoms with E-state index in [0.717, 1.165) is 18.2 Å². The fourth-order valence-corrected chi connectivity index (χ4v) is 2.09. The molecule has 0 unspecified atom stereocenters. The van der Waals surface area contributed by atoms with E-state index in [-0.39, 0.29) is 10.2 Å². The number of imide groups is 2. The number of amides is 4. The van der Waals surface area contributed by atoms with Gasteiger partial charge in [0.2, 0.25) is 11.8 Å². The van der Waals surface area contributed by atoms with E-state index in [9.17, 15) is 27.6 Å². The van der Waals surface area contributed by atoms with Gasteiger partial charge in [-0.05, 0) is 34.1 Å². The number of alkyl halides is 3. The summed E-state index contributed by atoms with van der Waals surface area (Å²) >= 11 is 2.86. The molecule has 0 saturated carbocycles. The van der Waals surface area contributed by atoms with Gasteiger partial charge in [0.1, 0.15) is 12.2 Å². The van der Waals surface area contributed by atoms with Crippen LogP contribution in [0.1, 0.15) is 6.42 Å². The van der Waals surface area contributed by atoms with Crippen LogP contribution in [0.2, 0.25) is 0 Å². The molecule has 0 bridgehead atoms. The Labute approximate surface area is 124 Å². The largest absolute Gasteiger partial charge is 0.573 e. The Morgan fingerprint density at radius 2 is 1.90 bits per heavy atom. The number of barbiturate groups is 1. The van der Waals surface area contributed by atoms with Gasteiger partial charge >= 0.3 is 12.4 Å². The van der Waals surface area contributed by atoms with Crippen molar-refractivity contribution >= 4 is 39.5 Å². The number of nitrogens with one attached hydrogen (secondary N) is 1. The molecule has 1 aliphatic heterocycles. The number of halogens is 4. The normalized spacial score (nSPS) is 16.0. The second-order valence-corrected chi connectivity index (χ2v) is 4.78. The Kier molecular flexibility index (Phi) is 3.90. The van der Waals surface area contributed by atoms with Gasteiger partial charge in [0, 0.05) is 0 Å². The molecule has 1 aromatic rings. The molecular formula is C11H6BrF3N2O4. The van der Waals surface area contributed by atoms with Crippen molar-refractivity contribution in [3.8, 4) is 5.75 Å². The monoisotopic (exact) mass is 366 g/mol. The van der Waals surface area contributed by atoms with Gasteiger partial charge in [-0.25, -0.2) is 9.69 Å². The highest BCUT2D eigenvalue weighted by Crippen LogP contribution is 2.34. The number of nitrogens with zero attached hydrogens (tertiary/aromatic N) is 1. The van der Waals surface area contributed by atoms with Crippen LogP contribution in [0.3, 0.4) is 0 Å². The first-order valence-electron chi connectivity index (χ1n) is 5.39. The van der Waals surface area contributed by atoms with Crippen LogP contribution in [0.4, 0.5) is 23.7 Å². The molecule has 0 atom stereocenters. The Bertz CT molecular complexity index is 612. The maximum absolute atomic E-state index is 12.1. The van der Waals surface area contributed by atoms with Crippen LogP contribution in [-0.4, -0.2) is 24.2 Å². The minimum Gasteiger partial charge on any atom is -0.405 e. The zero-order chi connectivity index (χ0) is 15.8. The first-order chi connectivity index (χ1) is 9.67. The van der Waals surface area contributed by atoms with Crippen LogP contribution >= 0.6 is 15.9 Å². The highest BCUT2D eigenvalue weighted by molar-refractivity contribution is 9.10. The average molecular weight is 367 g/mol. The van der Waals surface area contributed by atoms with Crippen LogP contribution < -0.4 is 15.0 Å². The van der Waals surface area contributed by atoms with Crippen LogP contribution in [-0.2, 0) is 9.59 Å². The predicted octanol–water partition coefficient (Wildman–Crippen LogP) is 2.32. The number of carbonyl (C=O) groups is 3. The topological polar surface area (TPSA) is 75.7 Å². The van der Waals surface area contributed by atoms with Crippen molar-refractivity contribution in [3.05, 3.63) is 22.7 Å². The lowest BCUT2D eigenvalue weighted by molar-refractivity contribution is -0.274. The summed E-state index contributed by atoms with van der Waals surface area (Å²) in [5, 5.41) is 1.93. The van der Waals surface area contributed by atoms with Crippen LogP contribution in [0, 0.1) is 0 Å². The summed E-state index contributed by atoms with van der Waals surface area (Å²) in [5.74, 6) is -2.04. The Hall–Kier alpha value is -2.10. The summed E-state index contributed by atoms with van der Waals surface area (Å²) < 4.78 is 40.0. The molecule has 0 spiro atoms. The summed E-state index contributed by atoms with van der Waals surface area (Å²) in [6.07, 6.45) is -5.39. The maximum atomic E-state index is 12.1. The van der Waals surface area contributed by atoms with Crippen LogP contribution in [0.25, 0.3) is 0 Å². The molecule has 1 fully saturated rings. The fourth-order valence-electron chi connectivity index (χ4n) is 1.65. The summed E-state index contributed by atoms with van der Waals surface area (Å²) in [4.78, 5) is 34.9. The smallest absolute Gasteiger partial charge is 0.405 e. The van der Waals surface area contributed by atoms with E-state index < -0.39 is 36.4 Å². The van der Waals surface area contributed by atoms with Crippen molar-refractivity contribution < 1.29 is 32.3 Å². The summed E-state index contributed by atoms with van der Waals surface area (Å²) in [6, 6.07) is 2.19. The molecule has 0 aliphatic carbocycles. The van der Waals surface area contributed by atoms with Gasteiger partial charge in [-0.3, -0.25) is 14.9 Å². The lowest BCUT2D eigenvalue weighted by Crippen LogP contribution is -2.52. The van der Waals surface area contributed by atoms with E-state index in [0.29, 0.717) is 4.90 Å². The molecule has 1 aromatic carbocycles. The van der Waals surface area contributed by atoms with Crippen molar-refractivity contribution in [2.24, 2.45) is 0 Å². The van der Waals surface area contributed by atoms with Gasteiger partial charge in [-0.1, -0.05) is 0 Å². The number of ether oxygens (including phenoxy) is 1. The fraction of sp³-hybridized carbons (Fsp3) is 0.182. The lowest BCUT2D eigenvalue weighted by atomic mass is 10.2. The number of benzene rings is 1. The van der Waals surface area contributed by atoms with Crippen molar-refractivity contribution in [1.82, 2.24) is 5.32 Å². The van der Waals surface area contributed by atoms with E-state index >= 15 is 0 Å². The molecule has 10 heteroatoms. The molecular weight excluding hydrogens is 361 g/mol. The Morgan fingerprint density at radius 3 is 2.43 bits per heavy atom. The lowest BCUT2D eigenvalue weighted by Gasteiger charge is -2.25. The molecule has 6 nitrogen and oxygen atoms in total. The first-order valence-corrected chi connectivity index (χ1v) is 6.19. The predicted molar refractivity (Wildman–Crippen MR) is 66.5 cm³/mol. The highest BCUT2D eigenvalue weighted by Gasteiger charge is 2.34. The number of anilines is 1. The van der Waals surface area contributed by atoms with Crippen molar-refractivity contribution in [1.29, 1.82) is 0 Å². The third kappa shape index (κ3) is 3.51. The zero-order valence-electron chi connectivity index (χ0n) is 10.0. The van der Waals surface area contributed by atoms with Crippen molar-refractivity contribution in [3.63, 3.8) is 0 Å². The van der Waals surface area contributed by atoms with Gasteiger partial charge in [-0.15, -0.1) is 13.2 Å². The van der Waals surface area contributed by atoms with Gasteiger partial charge in [0.25, 0.3) is 0 Å². The standard InChI is InChI=1S/C11H6BrF3N2O4/c12-6-3-5(1-2-7(6)21-11(13,14)15)17-9(19)4-8(18)16-10(17)20/h1-3H,4H2,(H,16,18,20). The average Bonchev–Trinajstić information content (AvgIpc) is 2.29. The number of carbonyl (C=O) groups excluding carboxylic acids is 3. The van der Waals surface area contributed by atoms with Gasteiger partial charge in [0.15, 0.2) is 0 Å². The van der Waals surface area contributed by atoms with E-state index in [4.69, 9.17) is 0 Å². The molecule has 1 N–H and O–H groups in total. The van der Waals surface area contributed by atoms with Gasteiger partial charge in [-0.2, -0.15) is 0 Å². The number of urea groups is 1. The molecule has 1 aliphatic rings. The zero-order valence-corrected chi connectivity index (χ0v) is 11.6.